The molecule has 1 fully saturated rings. The van der Waals surface area contributed by atoms with Crippen molar-refractivity contribution in [3.63, 3.8) is 0 Å². The molecule has 4 nitrogen and oxygen atoms in total. The van der Waals surface area contributed by atoms with Gasteiger partial charge in [0.2, 0.25) is 0 Å². The van der Waals surface area contributed by atoms with Gasteiger partial charge in [-0.25, -0.2) is 0 Å². The lowest BCUT2D eigenvalue weighted by atomic mass is 9.86. The highest BCUT2D eigenvalue weighted by Gasteiger charge is 2.64. The van der Waals surface area contributed by atoms with Gasteiger partial charge in [0.15, 0.2) is 5.41 Å². The number of aliphatic carboxylic acids is 1. The Morgan fingerprint density at radius 3 is 2.38 bits per heavy atom. The van der Waals surface area contributed by atoms with Crippen molar-refractivity contribution in [1.29, 1.82) is 0 Å². The van der Waals surface area contributed by atoms with Crippen LogP contribution >= 0.6 is 34.5 Å². The Hall–Kier alpha value is -0.990. The number of thiophene rings is 1. The monoisotopic (exact) mass is 361 g/mol. The third-order valence-corrected chi connectivity index (χ3v) is 4.88. The zero-order valence-electron chi connectivity index (χ0n) is 10.2. The van der Waals surface area contributed by atoms with Crippen molar-refractivity contribution in [1.82, 2.24) is 4.90 Å². The number of carbonyl (C=O) groups is 2. The largest absolute Gasteiger partial charge is 0.481 e. The Balaban J connectivity index is 2.28. The predicted octanol–water partition coefficient (Wildman–Crippen LogP) is 3.53. The van der Waals surface area contributed by atoms with Gasteiger partial charge in [-0.3, -0.25) is 9.59 Å². The number of carboxylic acid groups (broad SMARTS) is 1. The van der Waals surface area contributed by atoms with Crippen LogP contribution in [0.5, 0.6) is 0 Å². The van der Waals surface area contributed by atoms with Gasteiger partial charge in [0.1, 0.15) is 4.34 Å². The van der Waals surface area contributed by atoms with Gasteiger partial charge in [0.05, 0.1) is 9.90 Å². The zero-order chi connectivity index (χ0) is 16.0. The molecule has 0 radical (unpaired) electrons. The summed E-state index contributed by atoms with van der Waals surface area (Å²) >= 11 is 12.4. The maximum Gasteiger partial charge on any atom is 0.406 e. The molecule has 1 aromatic rings. The number of alkyl halides is 3. The van der Waals surface area contributed by atoms with Crippen LogP contribution < -0.4 is 0 Å². The van der Waals surface area contributed by atoms with E-state index in [1.165, 1.54) is 6.07 Å². The first kappa shape index (κ1) is 16.4. The van der Waals surface area contributed by atoms with Crippen LogP contribution in [0, 0.1) is 5.41 Å². The van der Waals surface area contributed by atoms with Gasteiger partial charge in [-0.2, -0.15) is 13.2 Å². The van der Waals surface area contributed by atoms with E-state index < -0.39 is 36.4 Å². The van der Waals surface area contributed by atoms with Crippen molar-refractivity contribution in [3.05, 3.63) is 20.3 Å². The summed E-state index contributed by atoms with van der Waals surface area (Å²) in [5.74, 6) is -2.74. The average Bonchev–Trinajstić information content (AvgIpc) is 2.92. The summed E-state index contributed by atoms with van der Waals surface area (Å²) in [5.41, 5.74) is -2.95. The molecule has 10 heteroatoms. The van der Waals surface area contributed by atoms with E-state index in [-0.39, 0.29) is 20.8 Å². The molecular weight excluding hydrogens is 354 g/mol. The van der Waals surface area contributed by atoms with Gasteiger partial charge in [-0.05, 0) is 12.5 Å². The SMILES string of the molecule is O=C(c1cc(Cl)sc1Cl)N1CCC(C(=O)O)(C(F)(F)F)C1. The summed E-state index contributed by atoms with van der Waals surface area (Å²) < 4.78 is 39.4. The number of amides is 1. The van der Waals surface area contributed by atoms with Crippen LogP contribution in [0.2, 0.25) is 8.67 Å². The van der Waals surface area contributed by atoms with Crippen LogP contribution in [0.3, 0.4) is 0 Å². The maximum atomic E-state index is 13.0. The van der Waals surface area contributed by atoms with Crippen molar-refractivity contribution in [2.75, 3.05) is 13.1 Å². The van der Waals surface area contributed by atoms with E-state index in [2.05, 4.69) is 0 Å². The molecule has 1 aliphatic heterocycles. The smallest absolute Gasteiger partial charge is 0.406 e. The number of carboxylic acids is 1. The predicted molar refractivity (Wildman–Crippen MR) is 71.0 cm³/mol. The summed E-state index contributed by atoms with van der Waals surface area (Å²) in [6, 6.07) is 1.26. The fourth-order valence-electron chi connectivity index (χ4n) is 2.17. The van der Waals surface area contributed by atoms with Gasteiger partial charge in [0.25, 0.3) is 5.91 Å². The summed E-state index contributed by atoms with van der Waals surface area (Å²) in [4.78, 5) is 24.0. The first-order chi connectivity index (χ1) is 9.58. The highest BCUT2D eigenvalue weighted by Crippen LogP contribution is 2.46. The van der Waals surface area contributed by atoms with E-state index in [4.69, 9.17) is 28.3 Å². The summed E-state index contributed by atoms with van der Waals surface area (Å²) in [7, 11) is 0. The minimum absolute atomic E-state index is 0.0185. The highest BCUT2D eigenvalue weighted by atomic mass is 35.5. The molecule has 1 aromatic heterocycles. The first-order valence-corrected chi connectivity index (χ1v) is 7.20. The van der Waals surface area contributed by atoms with Gasteiger partial charge in [0, 0.05) is 13.1 Å². The van der Waals surface area contributed by atoms with Crippen LogP contribution in [0.15, 0.2) is 6.07 Å². The van der Waals surface area contributed by atoms with Crippen molar-refractivity contribution < 1.29 is 27.9 Å². The molecule has 0 spiro atoms. The molecule has 2 heterocycles. The van der Waals surface area contributed by atoms with Crippen LogP contribution in [-0.2, 0) is 4.79 Å². The Labute approximate surface area is 131 Å². The number of hydrogen-bond donors (Lipinski definition) is 1. The van der Waals surface area contributed by atoms with E-state index in [0.29, 0.717) is 0 Å². The van der Waals surface area contributed by atoms with Crippen LogP contribution in [0.25, 0.3) is 0 Å². The maximum absolute atomic E-state index is 13.0. The third-order valence-electron chi connectivity index (χ3n) is 3.40. The number of carbonyl (C=O) groups excluding carboxylic acids is 1. The van der Waals surface area contributed by atoms with E-state index in [1.807, 2.05) is 0 Å². The lowest BCUT2D eigenvalue weighted by Gasteiger charge is -2.27. The molecule has 1 unspecified atom stereocenters. The van der Waals surface area contributed by atoms with Crippen LogP contribution in [-0.4, -0.2) is 41.1 Å². The Morgan fingerprint density at radius 1 is 1.38 bits per heavy atom. The molecule has 0 aromatic carbocycles. The molecule has 21 heavy (non-hydrogen) atoms. The number of likely N-dealkylation sites (tertiary alicyclic amines) is 1. The zero-order valence-corrected chi connectivity index (χ0v) is 12.5. The van der Waals surface area contributed by atoms with E-state index in [9.17, 15) is 22.8 Å². The molecule has 1 amide bonds. The van der Waals surface area contributed by atoms with Crippen molar-refractivity contribution >= 4 is 46.4 Å². The van der Waals surface area contributed by atoms with Gasteiger partial charge in [-0.1, -0.05) is 23.2 Å². The van der Waals surface area contributed by atoms with Crippen molar-refractivity contribution in [3.8, 4) is 0 Å². The van der Waals surface area contributed by atoms with Crippen molar-refractivity contribution in [2.45, 2.75) is 12.6 Å². The molecule has 116 valence electrons. The molecule has 0 aliphatic carbocycles. The lowest BCUT2D eigenvalue weighted by molar-refractivity contribution is -0.227. The average molecular weight is 362 g/mol. The Kier molecular flexibility index (Phi) is 4.16. The fraction of sp³-hybridized carbons (Fsp3) is 0.455. The van der Waals surface area contributed by atoms with Crippen LogP contribution in [0.1, 0.15) is 16.8 Å². The molecule has 1 aliphatic rings. The van der Waals surface area contributed by atoms with Crippen LogP contribution in [0.4, 0.5) is 13.2 Å². The Morgan fingerprint density at radius 2 is 2.00 bits per heavy atom. The minimum atomic E-state index is -4.94. The van der Waals surface area contributed by atoms with E-state index in [1.54, 1.807) is 0 Å². The fourth-order valence-corrected chi connectivity index (χ4v) is 3.61. The summed E-state index contributed by atoms with van der Waals surface area (Å²) in [5, 5.41) is 8.93. The lowest BCUT2D eigenvalue weighted by Crippen LogP contribution is -2.47. The minimum Gasteiger partial charge on any atom is -0.481 e. The highest BCUT2D eigenvalue weighted by molar-refractivity contribution is 7.20. The number of halogens is 5. The van der Waals surface area contributed by atoms with Gasteiger partial charge >= 0.3 is 12.1 Å². The van der Waals surface area contributed by atoms with E-state index in [0.717, 1.165) is 16.2 Å². The standard InChI is InChI=1S/C11H8Cl2F3NO3S/c12-6-3-5(7(13)21-6)8(18)17-2-1-10(4-17,9(19)20)11(14,15)16/h3H,1-2,4H2,(H,19,20). The molecule has 1 N–H and O–H groups in total. The number of hydrogen-bond acceptors (Lipinski definition) is 3. The number of rotatable bonds is 2. The first-order valence-electron chi connectivity index (χ1n) is 5.63. The second kappa shape index (κ2) is 5.33. The van der Waals surface area contributed by atoms with Crippen molar-refractivity contribution in [2.24, 2.45) is 5.41 Å². The second-order valence-electron chi connectivity index (χ2n) is 4.60. The molecular formula is C11H8Cl2F3NO3S. The molecule has 1 atom stereocenters. The Bertz CT molecular complexity index is 604. The molecule has 1 saturated heterocycles. The molecule has 0 saturated carbocycles. The molecule has 2 rings (SSSR count). The third kappa shape index (κ3) is 2.72. The molecule has 0 bridgehead atoms. The number of nitrogens with zero attached hydrogens (tertiary/aromatic N) is 1. The van der Waals surface area contributed by atoms with Gasteiger partial charge < -0.3 is 10.0 Å². The summed E-state index contributed by atoms with van der Waals surface area (Å²) in [6.07, 6.45) is -5.63. The van der Waals surface area contributed by atoms with E-state index >= 15 is 0 Å². The van der Waals surface area contributed by atoms with Gasteiger partial charge in [-0.15, -0.1) is 11.3 Å². The summed E-state index contributed by atoms with van der Waals surface area (Å²) in [6.45, 7) is -1.25. The normalized spacial score (nSPS) is 22.6. The quantitative estimate of drug-likeness (QED) is 0.876. The topological polar surface area (TPSA) is 57.6 Å². The second-order valence-corrected chi connectivity index (χ2v) is 6.89.